The zero-order valence-electron chi connectivity index (χ0n) is 13.3. The first-order valence-electron chi connectivity index (χ1n) is 7.43. The maximum Gasteiger partial charge on any atom is 0.393 e. The number of halogens is 3. The number of alkyl halides is 3. The van der Waals surface area contributed by atoms with Crippen molar-refractivity contribution < 1.29 is 23.1 Å². The fourth-order valence-corrected chi connectivity index (χ4v) is 2.01. The Morgan fingerprint density at radius 1 is 1.26 bits per heavy atom. The molecule has 0 aromatic heterocycles. The predicted molar refractivity (Wildman–Crippen MR) is 83.3 cm³/mol. The van der Waals surface area contributed by atoms with Crippen LogP contribution in [0.5, 0.6) is 0 Å². The van der Waals surface area contributed by atoms with Crippen molar-refractivity contribution in [2.75, 3.05) is 18.5 Å². The van der Waals surface area contributed by atoms with E-state index < -0.39 is 18.6 Å². The van der Waals surface area contributed by atoms with Gasteiger partial charge in [-0.2, -0.15) is 13.2 Å². The molecule has 0 aliphatic heterocycles. The van der Waals surface area contributed by atoms with Crippen molar-refractivity contribution in [1.82, 2.24) is 5.32 Å². The lowest BCUT2D eigenvalue weighted by molar-refractivity contribution is -0.127. The molecule has 0 fully saturated rings. The van der Waals surface area contributed by atoms with Gasteiger partial charge < -0.3 is 15.7 Å². The minimum Gasteiger partial charge on any atom is -0.396 e. The van der Waals surface area contributed by atoms with Gasteiger partial charge in [0.1, 0.15) is 0 Å². The van der Waals surface area contributed by atoms with Gasteiger partial charge in [0.25, 0.3) is 0 Å². The van der Waals surface area contributed by atoms with Crippen LogP contribution >= 0.6 is 0 Å². The number of hydrogen-bond donors (Lipinski definition) is 3. The van der Waals surface area contributed by atoms with Crippen LogP contribution in [0.15, 0.2) is 24.3 Å². The van der Waals surface area contributed by atoms with E-state index in [9.17, 15) is 18.0 Å². The smallest absolute Gasteiger partial charge is 0.393 e. The second-order valence-electron chi connectivity index (χ2n) is 6.30. The second kappa shape index (κ2) is 8.19. The van der Waals surface area contributed by atoms with Crippen LogP contribution in [-0.4, -0.2) is 30.5 Å². The largest absolute Gasteiger partial charge is 0.396 e. The second-order valence-corrected chi connectivity index (χ2v) is 6.30. The van der Waals surface area contributed by atoms with E-state index in [-0.39, 0.29) is 17.6 Å². The molecule has 130 valence electrons. The van der Waals surface area contributed by atoms with Crippen LogP contribution in [0.4, 0.5) is 23.7 Å². The van der Waals surface area contributed by atoms with Gasteiger partial charge in [-0.1, -0.05) is 26.0 Å². The Bertz CT molecular complexity index is 516. The summed E-state index contributed by atoms with van der Waals surface area (Å²) in [7, 11) is 0. The van der Waals surface area contributed by atoms with Crippen LogP contribution < -0.4 is 10.6 Å². The lowest BCUT2D eigenvalue weighted by Crippen LogP contribution is -2.30. The Kier molecular flexibility index (Phi) is 6.87. The summed E-state index contributed by atoms with van der Waals surface area (Å²) >= 11 is 0. The van der Waals surface area contributed by atoms with E-state index >= 15 is 0 Å². The third-order valence-electron chi connectivity index (χ3n) is 3.33. The van der Waals surface area contributed by atoms with Gasteiger partial charge >= 0.3 is 12.2 Å². The van der Waals surface area contributed by atoms with E-state index in [1.807, 2.05) is 13.8 Å². The normalized spacial score (nSPS) is 12.1. The van der Waals surface area contributed by atoms with Gasteiger partial charge in [-0.05, 0) is 36.0 Å². The van der Waals surface area contributed by atoms with Crippen molar-refractivity contribution in [3.63, 3.8) is 0 Å². The fourth-order valence-electron chi connectivity index (χ4n) is 2.01. The van der Waals surface area contributed by atoms with Gasteiger partial charge in [-0.25, -0.2) is 4.79 Å². The van der Waals surface area contributed by atoms with Crippen molar-refractivity contribution in [3.05, 3.63) is 29.8 Å². The van der Waals surface area contributed by atoms with Crippen LogP contribution in [-0.2, 0) is 6.42 Å². The summed E-state index contributed by atoms with van der Waals surface area (Å²) in [5, 5.41) is 14.3. The molecule has 0 heterocycles. The highest BCUT2D eigenvalue weighted by molar-refractivity contribution is 5.89. The number of benzene rings is 1. The first-order chi connectivity index (χ1) is 10.6. The molecule has 2 amide bonds. The highest BCUT2D eigenvalue weighted by Gasteiger charge is 2.27. The predicted octanol–water partition coefficient (Wildman–Crippen LogP) is 3.71. The number of carbonyl (C=O) groups is 1. The van der Waals surface area contributed by atoms with Gasteiger partial charge in [0.05, 0.1) is 6.42 Å². The number of carbonyl (C=O) groups excluding carboxylic acids is 1. The Morgan fingerprint density at radius 3 is 2.57 bits per heavy atom. The lowest BCUT2D eigenvalue weighted by atomic mass is 9.89. The molecule has 1 aromatic carbocycles. The molecule has 1 aromatic rings. The Labute approximate surface area is 134 Å². The van der Waals surface area contributed by atoms with E-state index in [0.29, 0.717) is 18.7 Å². The summed E-state index contributed by atoms with van der Waals surface area (Å²) in [4.78, 5) is 11.7. The summed E-state index contributed by atoms with van der Waals surface area (Å²) in [6.07, 6.45) is -3.85. The molecule has 0 unspecified atom stereocenters. The monoisotopic (exact) mass is 332 g/mol. The van der Waals surface area contributed by atoms with Gasteiger partial charge in [-0.3, -0.25) is 0 Å². The van der Waals surface area contributed by atoms with E-state index in [0.717, 1.165) is 6.42 Å². The Balaban J connectivity index is 2.41. The molecule has 3 N–H and O–H groups in total. The van der Waals surface area contributed by atoms with Crippen molar-refractivity contribution in [2.45, 2.75) is 39.3 Å². The van der Waals surface area contributed by atoms with Gasteiger partial charge in [0.15, 0.2) is 0 Å². The minimum absolute atomic E-state index is 0.0746. The average Bonchev–Trinajstić information content (AvgIpc) is 2.42. The number of aliphatic hydroxyl groups excluding tert-OH is 1. The number of nitrogens with one attached hydrogen (secondary N) is 2. The molecule has 7 heteroatoms. The summed E-state index contributed by atoms with van der Waals surface area (Å²) in [5.74, 6) is 0. The number of urea groups is 1. The Morgan fingerprint density at radius 2 is 1.96 bits per heavy atom. The first kappa shape index (κ1) is 19.3. The lowest BCUT2D eigenvalue weighted by Gasteiger charge is -2.21. The quantitative estimate of drug-likeness (QED) is 0.667. The van der Waals surface area contributed by atoms with Crippen LogP contribution in [0.1, 0.15) is 32.3 Å². The molecule has 0 aliphatic rings. The van der Waals surface area contributed by atoms with E-state index in [1.54, 1.807) is 0 Å². The third-order valence-corrected chi connectivity index (χ3v) is 3.33. The SMILES string of the molecule is CC(C)(CO)CCCNC(=O)Nc1cccc(CC(F)(F)F)c1. The summed E-state index contributed by atoms with van der Waals surface area (Å²) in [5.41, 5.74) is 0.226. The third kappa shape index (κ3) is 8.44. The summed E-state index contributed by atoms with van der Waals surface area (Å²) in [6, 6.07) is 5.22. The summed E-state index contributed by atoms with van der Waals surface area (Å²) in [6.45, 7) is 4.36. The molecule has 0 saturated heterocycles. The van der Waals surface area contributed by atoms with Crippen LogP contribution in [0, 0.1) is 5.41 Å². The number of rotatable bonds is 7. The molecular formula is C16H23F3N2O2. The molecule has 0 saturated carbocycles. The zero-order valence-corrected chi connectivity index (χ0v) is 13.3. The highest BCUT2D eigenvalue weighted by Crippen LogP contribution is 2.23. The van der Waals surface area contributed by atoms with Crippen molar-refractivity contribution >= 4 is 11.7 Å². The number of amides is 2. The number of aliphatic hydroxyl groups is 1. The highest BCUT2D eigenvalue weighted by atomic mass is 19.4. The molecule has 4 nitrogen and oxygen atoms in total. The van der Waals surface area contributed by atoms with Crippen molar-refractivity contribution in [2.24, 2.45) is 5.41 Å². The van der Waals surface area contributed by atoms with E-state index in [2.05, 4.69) is 10.6 Å². The average molecular weight is 332 g/mol. The van der Waals surface area contributed by atoms with Crippen molar-refractivity contribution in [3.8, 4) is 0 Å². The maximum atomic E-state index is 12.3. The number of anilines is 1. The van der Waals surface area contributed by atoms with Gasteiger partial charge in [-0.15, -0.1) is 0 Å². The molecule has 0 spiro atoms. The van der Waals surface area contributed by atoms with E-state index in [4.69, 9.17) is 5.11 Å². The van der Waals surface area contributed by atoms with Gasteiger partial charge in [0, 0.05) is 18.8 Å². The number of hydrogen-bond acceptors (Lipinski definition) is 2. The van der Waals surface area contributed by atoms with Crippen LogP contribution in [0.3, 0.4) is 0 Å². The topological polar surface area (TPSA) is 61.4 Å². The molecule has 23 heavy (non-hydrogen) atoms. The first-order valence-corrected chi connectivity index (χ1v) is 7.43. The standard InChI is InChI=1S/C16H23F3N2O2/c1-15(2,11-22)7-4-8-20-14(23)21-13-6-3-5-12(9-13)10-16(17,18)19/h3,5-6,9,22H,4,7-8,10-11H2,1-2H3,(H2,20,21,23). The molecule has 1 rings (SSSR count). The molecule has 0 bridgehead atoms. The summed E-state index contributed by atoms with van der Waals surface area (Å²) < 4.78 is 37.0. The molecule has 0 radical (unpaired) electrons. The molecule has 0 atom stereocenters. The Hall–Kier alpha value is -1.76. The molecule has 0 aliphatic carbocycles. The minimum atomic E-state index is -4.28. The fraction of sp³-hybridized carbons (Fsp3) is 0.562. The van der Waals surface area contributed by atoms with Crippen molar-refractivity contribution in [1.29, 1.82) is 0 Å². The van der Waals surface area contributed by atoms with E-state index in [1.165, 1.54) is 24.3 Å². The van der Waals surface area contributed by atoms with Crippen LogP contribution in [0.2, 0.25) is 0 Å². The zero-order chi connectivity index (χ0) is 17.5. The maximum absolute atomic E-state index is 12.3. The van der Waals surface area contributed by atoms with Gasteiger partial charge in [0.2, 0.25) is 0 Å². The molecular weight excluding hydrogens is 309 g/mol. The van der Waals surface area contributed by atoms with Crippen LogP contribution in [0.25, 0.3) is 0 Å².